The largest absolute Gasteiger partial charge is 0.481 e. The highest BCUT2D eigenvalue weighted by molar-refractivity contribution is 9.09. The van der Waals surface area contributed by atoms with E-state index in [2.05, 4.69) is 15.9 Å². The summed E-state index contributed by atoms with van der Waals surface area (Å²) in [5.41, 5.74) is 0. The fourth-order valence-corrected chi connectivity index (χ4v) is 0.734. The summed E-state index contributed by atoms with van der Waals surface area (Å²) < 4.78 is 0. The molecule has 0 amide bonds. The second kappa shape index (κ2) is 3.88. The van der Waals surface area contributed by atoms with Crippen molar-refractivity contribution >= 4 is 21.9 Å². The van der Waals surface area contributed by atoms with E-state index < -0.39 is 5.97 Å². The summed E-state index contributed by atoms with van der Waals surface area (Å²) in [6, 6.07) is 0. The van der Waals surface area contributed by atoms with Crippen LogP contribution in [0.5, 0.6) is 0 Å². The van der Waals surface area contributed by atoms with Gasteiger partial charge < -0.3 is 5.11 Å². The monoisotopic (exact) mass is 194 g/mol. The third-order valence-corrected chi connectivity index (χ3v) is 2.76. The summed E-state index contributed by atoms with van der Waals surface area (Å²) in [5.74, 6) is -1.02. The second-order valence-corrected chi connectivity index (χ2v) is 3.23. The Kier molecular flexibility index (Phi) is 3.86. The molecule has 9 heavy (non-hydrogen) atoms. The van der Waals surface area contributed by atoms with E-state index in [1.807, 2.05) is 6.92 Å². The number of carbonyl (C=O) groups is 1. The molecule has 1 N–H and O–H groups in total. The molecule has 0 aromatic heterocycles. The molecule has 0 aromatic carbocycles. The third-order valence-electron chi connectivity index (χ3n) is 1.32. The fraction of sp³-hybridized carbons (Fsp3) is 0.833. The molecule has 0 saturated carbocycles. The Balaban J connectivity index is 3.72. The van der Waals surface area contributed by atoms with Gasteiger partial charge in [-0.25, -0.2) is 0 Å². The van der Waals surface area contributed by atoms with Gasteiger partial charge in [0.15, 0.2) is 0 Å². The van der Waals surface area contributed by atoms with Crippen molar-refractivity contribution in [3.63, 3.8) is 0 Å². The molecule has 2 nitrogen and oxygen atoms in total. The predicted molar refractivity (Wildman–Crippen MR) is 39.8 cm³/mol. The Bertz CT molecular complexity index is 103. The smallest absolute Gasteiger partial charge is 0.307 e. The Morgan fingerprint density at radius 3 is 2.33 bits per heavy atom. The molecule has 0 aromatic rings. The van der Waals surface area contributed by atoms with Gasteiger partial charge in [0.1, 0.15) is 0 Å². The molecule has 0 aliphatic heterocycles. The first-order valence-electron chi connectivity index (χ1n) is 2.96. The lowest BCUT2D eigenvalue weighted by atomic mass is 10.1. The number of carboxylic acid groups (broad SMARTS) is 1. The highest BCUT2D eigenvalue weighted by atomic mass is 79.9. The molecule has 0 radical (unpaired) electrons. The van der Waals surface area contributed by atoms with Crippen LogP contribution in [0, 0.1) is 5.92 Å². The Morgan fingerprint density at radius 2 is 2.22 bits per heavy atom. The van der Waals surface area contributed by atoms with Crippen LogP contribution in [0.2, 0.25) is 0 Å². The molecule has 0 saturated heterocycles. The van der Waals surface area contributed by atoms with E-state index in [0.29, 0.717) is 0 Å². The van der Waals surface area contributed by atoms with Gasteiger partial charge >= 0.3 is 5.97 Å². The molecule has 3 heteroatoms. The lowest BCUT2D eigenvalue weighted by Gasteiger charge is -2.10. The SMILES string of the molecule is CCC(Br)C(C)C(=O)O. The highest BCUT2D eigenvalue weighted by Crippen LogP contribution is 2.15. The number of hydrogen-bond donors (Lipinski definition) is 1. The summed E-state index contributed by atoms with van der Waals surface area (Å²) >= 11 is 3.26. The van der Waals surface area contributed by atoms with Crippen LogP contribution in [0.1, 0.15) is 20.3 Å². The minimum Gasteiger partial charge on any atom is -0.481 e. The van der Waals surface area contributed by atoms with Crippen LogP contribution in [-0.4, -0.2) is 15.9 Å². The Hall–Kier alpha value is -0.0500. The number of hydrogen-bond acceptors (Lipinski definition) is 1. The third kappa shape index (κ3) is 2.84. The molecule has 2 atom stereocenters. The van der Waals surface area contributed by atoms with Crippen LogP contribution in [-0.2, 0) is 4.79 Å². The molecule has 0 rings (SSSR count). The summed E-state index contributed by atoms with van der Waals surface area (Å²) in [7, 11) is 0. The predicted octanol–water partition coefficient (Wildman–Crippen LogP) is 1.88. The quantitative estimate of drug-likeness (QED) is 0.698. The van der Waals surface area contributed by atoms with Crippen LogP contribution in [0.25, 0.3) is 0 Å². The average molecular weight is 195 g/mol. The maximum absolute atomic E-state index is 10.3. The van der Waals surface area contributed by atoms with Crippen LogP contribution in [0.4, 0.5) is 0 Å². The van der Waals surface area contributed by atoms with Crippen molar-refractivity contribution in [2.75, 3.05) is 0 Å². The lowest BCUT2D eigenvalue weighted by molar-refractivity contribution is -0.141. The number of rotatable bonds is 3. The van der Waals surface area contributed by atoms with Crippen molar-refractivity contribution in [3.05, 3.63) is 0 Å². The molecule has 0 fully saturated rings. The first kappa shape index (κ1) is 8.95. The van der Waals surface area contributed by atoms with Gasteiger partial charge in [0.05, 0.1) is 5.92 Å². The summed E-state index contributed by atoms with van der Waals surface area (Å²) in [6.07, 6.45) is 0.855. The highest BCUT2D eigenvalue weighted by Gasteiger charge is 2.18. The molecule has 0 spiro atoms. The summed E-state index contributed by atoms with van der Waals surface area (Å²) in [5, 5.41) is 8.45. The van der Waals surface area contributed by atoms with E-state index in [4.69, 9.17) is 5.11 Å². The van der Waals surface area contributed by atoms with Crippen molar-refractivity contribution in [2.24, 2.45) is 5.92 Å². The van der Waals surface area contributed by atoms with Crippen molar-refractivity contribution in [2.45, 2.75) is 25.1 Å². The Morgan fingerprint density at radius 1 is 1.78 bits per heavy atom. The van der Waals surface area contributed by atoms with Crippen LogP contribution in [0.3, 0.4) is 0 Å². The molecule has 0 aliphatic carbocycles. The first-order chi connectivity index (χ1) is 4.09. The van der Waals surface area contributed by atoms with E-state index in [1.165, 1.54) is 0 Å². The molecule has 0 bridgehead atoms. The van der Waals surface area contributed by atoms with Gasteiger partial charge in [0.25, 0.3) is 0 Å². The fourth-order valence-electron chi connectivity index (χ4n) is 0.508. The molecule has 2 unspecified atom stereocenters. The van der Waals surface area contributed by atoms with Crippen molar-refractivity contribution < 1.29 is 9.90 Å². The van der Waals surface area contributed by atoms with Gasteiger partial charge in [0, 0.05) is 4.83 Å². The van der Waals surface area contributed by atoms with E-state index >= 15 is 0 Å². The maximum Gasteiger partial charge on any atom is 0.307 e. The zero-order valence-electron chi connectivity index (χ0n) is 5.60. The summed E-state index contributed by atoms with van der Waals surface area (Å²) in [4.78, 5) is 10.4. The van der Waals surface area contributed by atoms with E-state index in [1.54, 1.807) is 6.92 Å². The van der Waals surface area contributed by atoms with Gasteiger partial charge in [-0.05, 0) is 6.42 Å². The van der Waals surface area contributed by atoms with Gasteiger partial charge in [-0.3, -0.25) is 4.79 Å². The molecular formula is C6H11BrO2. The van der Waals surface area contributed by atoms with Crippen molar-refractivity contribution in [1.29, 1.82) is 0 Å². The number of halogens is 1. The van der Waals surface area contributed by atoms with Crippen LogP contribution >= 0.6 is 15.9 Å². The average Bonchev–Trinajstić information content (AvgIpc) is 1.84. The molecule has 54 valence electrons. The van der Waals surface area contributed by atoms with E-state index in [9.17, 15) is 4.79 Å². The maximum atomic E-state index is 10.3. The second-order valence-electron chi connectivity index (χ2n) is 2.05. The van der Waals surface area contributed by atoms with Gasteiger partial charge in [-0.1, -0.05) is 29.8 Å². The number of alkyl halides is 1. The molecule has 0 heterocycles. The van der Waals surface area contributed by atoms with Crippen LogP contribution in [0.15, 0.2) is 0 Å². The first-order valence-corrected chi connectivity index (χ1v) is 3.88. The van der Waals surface area contributed by atoms with Gasteiger partial charge in [0.2, 0.25) is 0 Å². The van der Waals surface area contributed by atoms with E-state index in [0.717, 1.165) is 6.42 Å². The number of aliphatic carboxylic acids is 1. The number of carboxylic acids is 1. The topological polar surface area (TPSA) is 37.3 Å². The standard InChI is InChI=1S/C6H11BrO2/c1-3-5(7)4(2)6(8)9/h4-5H,3H2,1-2H3,(H,8,9). The van der Waals surface area contributed by atoms with Crippen molar-refractivity contribution in [1.82, 2.24) is 0 Å². The zero-order chi connectivity index (χ0) is 7.44. The molecular weight excluding hydrogens is 184 g/mol. The van der Waals surface area contributed by atoms with Gasteiger partial charge in [-0.2, -0.15) is 0 Å². The zero-order valence-corrected chi connectivity index (χ0v) is 7.18. The molecule has 0 aliphatic rings. The van der Waals surface area contributed by atoms with Crippen LogP contribution < -0.4 is 0 Å². The summed E-state index contributed by atoms with van der Waals surface area (Å²) in [6.45, 7) is 3.66. The normalized spacial score (nSPS) is 16.8. The van der Waals surface area contributed by atoms with Gasteiger partial charge in [-0.15, -0.1) is 0 Å². The minimum absolute atomic E-state index is 0.106. The minimum atomic E-state index is -0.737. The van der Waals surface area contributed by atoms with Crippen molar-refractivity contribution in [3.8, 4) is 0 Å². The van der Waals surface area contributed by atoms with E-state index in [-0.39, 0.29) is 10.7 Å². The Labute approximate surface area is 63.4 Å². The lowest BCUT2D eigenvalue weighted by Crippen LogP contribution is -2.19.